The van der Waals surface area contributed by atoms with Gasteiger partial charge in [0.25, 0.3) is 5.56 Å². The Labute approximate surface area is 173 Å². The minimum Gasteiger partial charge on any atom is -0.378 e. The number of rotatable bonds is 7. The van der Waals surface area contributed by atoms with Gasteiger partial charge in [-0.2, -0.15) is 0 Å². The van der Waals surface area contributed by atoms with Crippen molar-refractivity contribution in [1.82, 2.24) is 9.47 Å². The highest BCUT2D eigenvalue weighted by molar-refractivity contribution is 9.10. The van der Waals surface area contributed by atoms with Crippen molar-refractivity contribution in [3.8, 4) is 0 Å². The molecular formula is C21H26BrN3O3. The van der Waals surface area contributed by atoms with Gasteiger partial charge >= 0.3 is 0 Å². The molecule has 28 heavy (non-hydrogen) atoms. The lowest BCUT2D eigenvalue weighted by Crippen LogP contribution is -2.40. The fourth-order valence-electron chi connectivity index (χ4n) is 3.28. The third kappa shape index (κ3) is 5.45. The predicted octanol–water partition coefficient (Wildman–Crippen LogP) is 2.88. The number of aromatic nitrogens is 1. The van der Waals surface area contributed by atoms with Crippen molar-refractivity contribution in [3.05, 3.63) is 63.0 Å². The number of benzene rings is 1. The van der Waals surface area contributed by atoms with Crippen LogP contribution in [0, 0.1) is 0 Å². The summed E-state index contributed by atoms with van der Waals surface area (Å²) in [7, 11) is 4.00. The number of pyridine rings is 1. The molecule has 1 fully saturated rings. The number of ether oxygens (including phenoxy) is 1. The third-order valence-corrected chi connectivity index (χ3v) is 5.35. The smallest absolute Gasteiger partial charge is 0.251 e. The Bertz CT molecular complexity index is 858. The Morgan fingerprint density at radius 2 is 1.96 bits per heavy atom. The standard InChI is InChI=1S/C21H26BrN3O3/c1-23(2)18-8-5-16(6-9-18)12-24(14-19-4-3-11-28-19)21(27)15-25-13-17(22)7-10-20(25)26/h5-10,13,19H,3-4,11-12,14-15H2,1-2H3. The molecule has 0 bridgehead atoms. The number of carbonyl (C=O) groups excluding carboxylic acids is 1. The van der Waals surface area contributed by atoms with Crippen molar-refractivity contribution >= 4 is 27.5 Å². The number of amides is 1. The van der Waals surface area contributed by atoms with E-state index in [-0.39, 0.29) is 24.1 Å². The molecule has 7 heteroatoms. The average Bonchev–Trinajstić information content (AvgIpc) is 3.17. The second-order valence-corrected chi connectivity index (χ2v) is 8.20. The monoisotopic (exact) mass is 447 g/mol. The first kappa shape index (κ1) is 20.6. The van der Waals surface area contributed by atoms with E-state index in [4.69, 9.17) is 4.74 Å². The Morgan fingerprint density at radius 1 is 1.21 bits per heavy atom. The molecule has 1 amide bonds. The summed E-state index contributed by atoms with van der Waals surface area (Å²) < 4.78 is 7.94. The average molecular weight is 448 g/mol. The highest BCUT2D eigenvalue weighted by Crippen LogP contribution is 2.18. The van der Waals surface area contributed by atoms with Gasteiger partial charge in [0.05, 0.1) is 6.10 Å². The molecule has 1 aromatic heterocycles. The maximum Gasteiger partial charge on any atom is 0.251 e. The number of hydrogen-bond donors (Lipinski definition) is 0. The maximum absolute atomic E-state index is 13.0. The van der Waals surface area contributed by atoms with Gasteiger partial charge in [0.1, 0.15) is 6.54 Å². The van der Waals surface area contributed by atoms with E-state index in [1.807, 2.05) is 43.3 Å². The van der Waals surface area contributed by atoms with Crippen molar-refractivity contribution in [2.45, 2.75) is 32.0 Å². The first-order valence-corrected chi connectivity index (χ1v) is 10.2. The molecule has 0 saturated carbocycles. The molecule has 6 nitrogen and oxygen atoms in total. The van der Waals surface area contributed by atoms with Crippen LogP contribution in [0.3, 0.4) is 0 Å². The van der Waals surface area contributed by atoms with Gasteiger partial charge in [-0.3, -0.25) is 9.59 Å². The van der Waals surface area contributed by atoms with Crippen LogP contribution in [0.5, 0.6) is 0 Å². The highest BCUT2D eigenvalue weighted by Gasteiger charge is 2.23. The molecular weight excluding hydrogens is 422 g/mol. The molecule has 0 aliphatic carbocycles. The van der Waals surface area contributed by atoms with Gasteiger partial charge in [0.2, 0.25) is 5.91 Å². The quantitative estimate of drug-likeness (QED) is 0.654. The Balaban J connectivity index is 1.76. The highest BCUT2D eigenvalue weighted by atomic mass is 79.9. The van der Waals surface area contributed by atoms with Crippen LogP contribution in [0.15, 0.2) is 51.9 Å². The molecule has 3 rings (SSSR count). The summed E-state index contributed by atoms with van der Waals surface area (Å²) in [5.41, 5.74) is 1.98. The van der Waals surface area contributed by atoms with E-state index in [0.717, 1.165) is 35.2 Å². The van der Waals surface area contributed by atoms with Gasteiger partial charge in [0.15, 0.2) is 0 Å². The largest absolute Gasteiger partial charge is 0.378 e. The zero-order valence-corrected chi connectivity index (χ0v) is 17.9. The number of nitrogens with zero attached hydrogens (tertiary/aromatic N) is 3. The van der Waals surface area contributed by atoms with Crippen molar-refractivity contribution < 1.29 is 9.53 Å². The molecule has 0 radical (unpaired) electrons. The van der Waals surface area contributed by atoms with E-state index >= 15 is 0 Å². The van der Waals surface area contributed by atoms with Gasteiger partial charge in [-0.1, -0.05) is 12.1 Å². The van der Waals surface area contributed by atoms with Gasteiger partial charge < -0.3 is 19.1 Å². The molecule has 1 unspecified atom stereocenters. The van der Waals surface area contributed by atoms with Crippen molar-refractivity contribution in [2.24, 2.45) is 0 Å². The lowest BCUT2D eigenvalue weighted by atomic mass is 10.1. The van der Waals surface area contributed by atoms with Crippen LogP contribution in [0.25, 0.3) is 0 Å². The number of halogens is 1. The minimum atomic E-state index is -0.191. The van der Waals surface area contributed by atoms with Crippen LogP contribution < -0.4 is 10.5 Å². The number of anilines is 1. The van der Waals surface area contributed by atoms with Crippen LogP contribution >= 0.6 is 15.9 Å². The van der Waals surface area contributed by atoms with Gasteiger partial charge in [-0.05, 0) is 52.5 Å². The zero-order chi connectivity index (χ0) is 20.1. The van der Waals surface area contributed by atoms with Crippen LogP contribution in [0.1, 0.15) is 18.4 Å². The van der Waals surface area contributed by atoms with Crippen molar-refractivity contribution in [1.29, 1.82) is 0 Å². The molecule has 0 N–H and O–H groups in total. The van der Waals surface area contributed by atoms with Gasteiger partial charge in [-0.25, -0.2) is 0 Å². The summed E-state index contributed by atoms with van der Waals surface area (Å²) >= 11 is 3.36. The van der Waals surface area contributed by atoms with E-state index in [2.05, 4.69) is 15.9 Å². The lowest BCUT2D eigenvalue weighted by molar-refractivity contribution is -0.134. The maximum atomic E-state index is 13.0. The van der Waals surface area contributed by atoms with Crippen LogP contribution in [-0.2, 0) is 22.6 Å². The summed E-state index contributed by atoms with van der Waals surface area (Å²) in [6.07, 6.45) is 3.69. The summed E-state index contributed by atoms with van der Waals surface area (Å²) in [6, 6.07) is 11.3. The second-order valence-electron chi connectivity index (χ2n) is 7.28. The molecule has 1 atom stereocenters. The van der Waals surface area contributed by atoms with Crippen LogP contribution in [0.4, 0.5) is 5.69 Å². The van der Waals surface area contributed by atoms with Crippen LogP contribution in [0.2, 0.25) is 0 Å². The molecule has 1 aliphatic rings. The number of hydrogen-bond acceptors (Lipinski definition) is 4. The molecule has 1 aromatic carbocycles. The Kier molecular flexibility index (Phi) is 6.91. The molecule has 1 aliphatic heterocycles. The fourth-order valence-corrected chi connectivity index (χ4v) is 3.66. The van der Waals surface area contributed by atoms with E-state index in [0.29, 0.717) is 13.1 Å². The molecule has 2 aromatic rings. The summed E-state index contributed by atoms with van der Waals surface area (Å²) in [6.45, 7) is 1.79. The first-order valence-electron chi connectivity index (χ1n) is 9.44. The lowest BCUT2D eigenvalue weighted by Gasteiger charge is -2.26. The van der Waals surface area contributed by atoms with Crippen molar-refractivity contribution in [2.75, 3.05) is 32.1 Å². The molecule has 1 saturated heterocycles. The summed E-state index contributed by atoms with van der Waals surface area (Å²) in [5.74, 6) is -0.0904. The fraction of sp³-hybridized carbons (Fsp3) is 0.429. The van der Waals surface area contributed by atoms with Crippen LogP contribution in [-0.4, -0.2) is 48.7 Å². The topological polar surface area (TPSA) is 54.8 Å². The molecule has 2 heterocycles. The third-order valence-electron chi connectivity index (χ3n) is 4.88. The predicted molar refractivity (Wildman–Crippen MR) is 114 cm³/mol. The second kappa shape index (κ2) is 9.39. The van der Waals surface area contributed by atoms with E-state index in [1.54, 1.807) is 17.2 Å². The normalized spacial score (nSPS) is 16.2. The molecule has 150 valence electrons. The number of carbonyl (C=O) groups is 1. The Hall–Kier alpha value is -2.12. The minimum absolute atomic E-state index is 0.0147. The SMILES string of the molecule is CN(C)c1ccc(CN(CC2CCCO2)C(=O)Cn2cc(Br)ccc2=O)cc1. The molecule has 0 spiro atoms. The summed E-state index contributed by atoms with van der Waals surface area (Å²) in [5, 5.41) is 0. The van der Waals surface area contributed by atoms with Gasteiger partial charge in [-0.15, -0.1) is 0 Å². The Morgan fingerprint density at radius 3 is 2.61 bits per heavy atom. The van der Waals surface area contributed by atoms with E-state index < -0.39 is 0 Å². The van der Waals surface area contributed by atoms with E-state index in [1.165, 1.54) is 10.6 Å². The first-order chi connectivity index (χ1) is 13.4. The van der Waals surface area contributed by atoms with Gasteiger partial charge in [0, 0.05) is 56.2 Å². The van der Waals surface area contributed by atoms with E-state index in [9.17, 15) is 9.59 Å². The summed E-state index contributed by atoms with van der Waals surface area (Å²) in [4.78, 5) is 28.9. The van der Waals surface area contributed by atoms with Crippen molar-refractivity contribution in [3.63, 3.8) is 0 Å². The zero-order valence-electron chi connectivity index (χ0n) is 16.3.